The van der Waals surface area contributed by atoms with Gasteiger partial charge in [0, 0.05) is 46.0 Å². The number of hydrogen-bond donors (Lipinski definition) is 0. The zero-order valence-electron chi connectivity index (χ0n) is 38.5. The largest absolute Gasteiger partial charge is 0.317 e. The minimum atomic E-state index is 0.192. The van der Waals surface area contributed by atoms with E-state index >= 15 is 0 Å². The first kappa shape index (κ1) is 42.7. The van der Waals surface area contributed by atoms with Gasteiger partial charge in [-0.3, -0.25) is 0 Å². The standard InChI is InChI=1S/C66H56N2/c1-5-18-49(19-6-1)53-32-40-59(41-33-53)67(60-42-34-54(35-43-60)50-20-7-2-8-21-50)65-30-15-13-28-63(65)57-26-17-27-58(48-57)64-29-14-16-31-66(64)68(61-44-36-55(37-45-61)51-22-9-3-10-23-51)62-46-38-56(39-47-62)52-24-11-4-12-25-52/h1-15,17-26,29-30,32-34,36-42,44-48,58,63H,16,27-28,31,35,43H2. The molecular formula is C66H56N2. The average Bonchev–Trinajstić information content (AvgIpc) is 3.43. The molecule has 2 heteroatoms. The fraction of sp³-hybridized carbons (Fsp3) is 0.121. The fourth-order valence-corrected chi connectivity index (χ4v) is 10.5. The van der Waals surface area contributed by atoms with E-state index in [4.69, 9.17) is 0 Å². The van der Waals surface area contributed by atoms with Crippen molar-refractivity contribution < 1.29 is 0 Å². The highest BCUT2D eigenvalue weighted by molar-refractivity contribution is 5.77. The molecule has 7 aromatic rings. The summed E-state index contributed by atoms with van der Waals surface area (Å²) in [5, 5.41) is 0. The van der Waals surface area contributed by atoms with Crippen molar-refractivity contribution in [2.75, 3.05) is 9.80 Å². The molecule has 2 nitrogen and oxygen atoms in total. The van der Waals surface area contributed by atoms with Gasteiger partial charge in [0.25, 0.3) is 0 Å². The van der Waals surface area contributed by atoms with Gasteiger partial charge in [-0.1, -0.05) is 206 Å². The minimum absolute atomic E-state index is 0.192. The van der Waals surface area contributed by atoms with Crippen LogP contribution in [0.4, 0.5) is 17.1 Å². The maximum atomic E-state index is 2.61. The zero-order valence-corrected chi connectivity index (χ0v) is 38.5. The molecule has 0 N–H and O–H groups in total. The topological polar surface area (TPSA) is 6.48 Å². The van der Waals surface area contributed by atoms with Gasteiger partial charge in [0.05, 0.1) is 0 Å². The van der Waals surface area contributed by atoms with E-state index in [1.807, 2.05) is 0 Å². The molecule has 2 atom stereocenters. The molecule has 4 aliphatic carbocycles. The molecule has 0 fully saturated rings. The lowest BCUT2D eigenvalue weighted by Gasteiger charge is -2.38. The molecule has 0 radical (unpaired) electrons. The van der Waals surface area contributed by atoms with E-state index in [1.165, 1.54) is 89.8 Å². The molecule has 0 heterocycles. The molecule has 4 aliphatic rings. The lowest BCUT2D eigenvalue weighted by molar-refractivity contribution is 0.663. The van der Waals surface area contributed by atoms with E-state index in [0.717, 1.165) is 38.5 Å². The Hall–Kier alpha value is -7.94. The maximum Gasteiger partial charge on any atom is 0.0458 e. The maximum absolute atomic E-state index is 2.61. The van der Waals surface area contributed by atoms with E-state index in [2.05, 4.69) is 265 Å². The zero-order chi connectivity index (χ0) is 45.5. The molecule has 330 valence electrons. The fourth-order valence-electron chi connectivity index (χ4n) is 10.5. The van der Waals surface area contributed by atoms with Crippen LogP contribution in [-0.4, -0.2) is 0 Å². The van der Waals surface area contributed by atoms with Gasteiger partial charge in [0.1, 0.15) is 0 Å². The summed E-state index contributed by atoms with van der Waals surface area (Å²) in [7, 11) is 0. The lowest BCUT2D eigenvalue weighted by atomic mass is 9.79. The van der Waals surface area contributed by atoms with Gasteiger partial charge < -0.3 is 9.80 Å². The van der Waals surface area contributed by atoms with Crippen LogP contribution in [0, 0.1) is 11.8 Å². The Balaban J connectivity index is 0.969. The van der Waals surface area contributed by atoms with Crippen molar-refractivity contribution in [1.29, 1.82) is 0 Å². The van der Waals surface area contributed by atoms with Gasteiger partial charge in [0.15, 0.2) is 0 Å². The number of anilines is 3. The summed E-state index contributed by atoms with van der Waals surface area (Å²) in [5.74, 6) is 0.421. The van der Waals surface area contributed by atoms with Crippen molar-refractivity contribution >= 4 is 22.6 Å². The Bertz CT molecular complexity index is 3030. The molecule has 0 aliphatic heterocycles. The molecule has 7 aromatic carbocycles. The first-order chi connectivity index (χ1) is 33.7. The van der Waals surface area contributed by atoms with Crippen molar-refractivity contribution in [3.8, 4) is 33.4 Å². The summed E-state index contributed by atoms with van der Waals surface area (Å²) in [5.41, 5.74) is 20.4. The van der Waals surface area contributed by atoms with Gasteiger partial charge in [-0.2, -0.15) is 0 Å². The highest BCUT2D eigenvalue weighted by Gasteiger charge is 2.31. The van der Waals surface area contributed by atoms with Gasteiger partial charge in [-0.15, -0.1) is 0 Å². The number of nitrogens with zero attached hydrogens (tertiary/aromatic N) is 2. The molecule has 0 bridgehead atoms. The van der Waals surface area contributed by atoms with E-state index < -0.39 is 0 Å². The summed E-state index contributed by atoms with van der Waals surface area (Å²) >= 11 is 0. The van der Waals surface area contributed by atoms with E-state index in [-0.39, 0.29) is 11.8 Å². The van der Waals surface area contributed by atoms with Crippen LogP contribution in [-0.2, 0) is 0 Å². The van der Waals surface area contributed by atoms with Crippen molar-refractivity contribution in [2.45, 2.75) is 38.5 Å². The van der Waals surface area contributed by atoms with Crippen molar-refractivity contribution in [3.63, 3.8) is 0 Å². The summed E-state index contributed by atoms with van der Waals surface area (Å²) < 4.78 is 0. The Morgan fingerprint density at radius 3 is 1.40 bits per heavy atom. The summed E-state index contributed by atoms with van der Waals surface area (Å²) in [6.07, 6.45) is 29.8. The number of rotatable bonds is 12. The summed E-state index contributed by atoms with van der Waals surface area (Å²) in [6, 6.07) is 70.5. The second-order valence-corrected chi connectivity index (χ2v) is 18.2. The molecule has 0 saturated heterocycles. The predicted octanol–water partition coefficient (Wildman–Crippen LogP) is 17.7. The number of allylic oxidation sites excluding steroid dienone is 15. The second-order valence-electron chi connectivity index (χ2n) is 18.2. The van der Waals surface area contributed by atoms with Crippen LogP contribution >= 0.6 is 0 Å². The van der Waals surface area contributed by atoms with Crippen LogP contribution in [0.5, 0.6) is 0 Å². The molecule has 11 rings (SSSR count). The molecule has 0 saturated carbocycles. The first-order valence-electron chi connectivity index (χ1n) is 24.4. The average molecular weight is 877 g/mol. The van der Waals surface area contributed by atoms with Crippen LogP contribution in [0.3, 0.4) is 0 Å². The van der Waals surface area contributed by atoms with Gasteiger partial charge in [-0.25, -0.2) is 0 Å². The van der Waals surface area contributed by atoms with Gasteiger partial charge >= 0.3 is 0 Å². The monoisotopic (exact) mass is 876 g/mol. The Morgan fingerprint density at radius 1 is 0.382 bits per heavy atom. The van der Waals surface area contributed by atoms with Gasteiger partial charge in [0.2, 0.25) is 0 Å². The third kappa shape index (κ3) is 9.11. The Labute approximate surface area is 403 Å². The lowest BCUT2D eigenvalue weighted by Crippen LogP contribution is -2.29. The molecular weight excluding hydrogens is 821 g/mol. The first-order valence-corrected chi connectivity index (χ1v) is 24.4. The predicted molar refractivity (Wildman–Crippen MR) is 288 cm³/mol. The molecule has 0 spiro atoms. The van der Waals surface area contributed by atoms with Crippen molar-refractivity contribution in [1.82, 2.24) is 0 Å². The smallest absolute Gasteiger partial charge is 0.0458 e. The Kier molecular flexibility index (Phi) is 12.5. The number of hydrogen-bond acceptors (Lipinski definition) is 2. The SMILES string of the molecule is C1=CCC(C2=CC(C3=C(N(c4ccc(-c5ccccc5)cc4)c4ccc(-c5ccccc5)cc4)CCC=C3)CC=C2)C(N(C2=CC=C(c3ccccc3)CC2)c2ccc(-c3ccccc3)cc2)=C1. The third-order valence-electron chi connectivity index (χ3n) is 14.0. The van der Waals surface area contributed by atoms with Crippen LogP contribution in [0.15, 0.2) is 283 Å². The minimum Gasteiger partial charge on any atom is -0.317 e. The van der Waals surface area contributed by atoms with Crippen molar-refractivity contribution in [3.05, 3.63) is 289 Å². The van der Waals surface area contributed by atoms with E-state index in [0.29, 0.717) is 0 Å². The summed E-state index contributed by atoms with van der Waals surface area (Å²) in [6.45, 7) is 0. The molecule has 2 unspecified atom stereocenters. The van der Waals surface area contributed by atoms with Gasteiger partial charge in [-0.05, 0) is 143 Å². The van der Waals surface area contributed by atoms with Crippen LogP contribution in [0.25, 0.3) is 39.0 Å². The highest BCUT2D eigenvalue weighted by atomic mass is 15.2. The highest BCUT2D eigenvalue weighted by Crippen LogP contribution is 2.45. The van der Waals surface area contributed by atoms with Crippen LogP contribution < -0.4 is 9.80 Å². The molecule has 68 heavy (non-hydrogen) atoms. The van der Waals surface area contributed by atoms with Crippen LogP contribution in [0.2, 0.25) is 0 Å². The number of benzene rings is 7. The van der Waals surface area contributed by atoms with E-state index in [1.54, 1.807) is 0 Å². The van der Waals surface area contributed by atoms with E-state index in [9.17, 15) is 0 Å². The molecule has 0 amide bonds. The van der Waals surface area contributed by atoms with Crippen LogP contribution in [0.1, 0.15) is 44.1 Å². The second kappa shape index (κ2) is 19.9. The van der Waals surface area contributed by atoms with Crippen molar-refractivity contribution in [2.24, 2.45) is 11.8 Å². The molecule has 0 aromatic heterocycles. The summed E-state index contributed by atoms with van der Waals surface area (Å²) in [4.78, 5) is 5.11. The Morgan fingerprint density at radius 2 is 0.882 bits per heavy atom. The normalized spacial score (nSPS) is 17.8. The third-order valence-corrected chi connectivity index (χ3v) is 14.0. The quantitative estimate of drug-likeness (QED) is 0.121.